The van der Waals surface area contributed by atoms with Gasteiger partial charge in [-0.05, 0) is 77.7 Å². The molecule has 0 amide bonds. The van der Waals surface area contributed by atoms with Gasteiger partial charge in [-0.25, -0.2) is 0 Å². The molecule has 0 aliphatic carbocycles. The lowest BCUT2D eigenvalue weighted by Crippen LogP contribution is -2.10. The molecule has 0 aliphatic heterocycles. The average molecular weight is 591 g/mol. The fourth-order valence-electron chi connectivity index (χ4n) is 6.47. The van der Waals surface area contributed by atoms with Crippen LogP contribution in [-0.4, -0.2) is 4.57 Å². The molecule has 0 saturated heterocycles. The van der Waals surface area contributed by atoms with Crippen LogP contribution in [0.5, 0.6) is 0 Å². The number of nitrogens with zero attached hydrogens (tertiary/aromatic N) is 2. The summed E-state index contributed by atoms with van der Waals surface area (Å²) in [6.45, 7) is 6.79. The number of hydrogen-bond donors (Lipinski definition) is 0. The Morgan fingerprint density at radius 2 is 1.25 bits per heavy atom. The van der Waals surface area contributed by atoms with E-state index < -0.39 is 0 Å². The Labute approximate surface area is 261 Å². The third-order valence-electron chi connectivity index (χ3n) is 8.57. The number of benzene rings is 6. The number of rotatable bonds is 4. The van der Waals surface area contributed by atoms with Crippen molar-refractivity contribution in [3.8, 4) is 5.69 Å². The van der Waals surface area contributed by atoms with Crippen LogP contribution in [0.25, 0.3) is 49.4 Å². The summed E-state index contributed by atoms with van der Waals surface area (Å²) in [6.07, 6.45) is 0. The maximum Gasteiger partial charge on any atom is 0.154 e. The number of halogens is 1. The van der Waals surface area contributed by atoms with Crippen molar-refractivity contribution in [3.05, 3.63) is 144 Å². The van der Waals surface area contributed by atoms with Crippen LogP contribution in [0, 0.1) is 0 Å². The predicted molar refractivity (Wildman–Crippen MR) is 186 cm³/mol. The Morgan fingerprint density at radius 1 is 0.591 bits per heavy atom. The molecule has 2 aromatic heterocycles. The van der Waals surface area contributed by atoms with Crippen molar-refractivity contribution in [1.29, 1.82) is 0 Å². The van der Waals surface area contributed by atoms with Gasteiger partial charge >= 0.3 is 0 Å². The fraction of sp³-hybridized carbons (Fsp3) is 0.100. The smallest absolute Gasteiger partial charge is 0.154 e. The van der Waals surface area contributed by atoms with Gasteiger partial charge in [0.25, 0.3) is 0 Å². The molecule has 3 nitrogen and oxygen atoms in total. The summed E-state index contributed by atoms with van der Waals surface area (Å²) in [7, 11) is 0. The molecule has 0 radical (unpaired) electrons. The normalized spacial score (nSPS) is 12.1. The maximum absolute atomic E-state index is 7.02. The first-order valence-electron chi connectivity index (χ1n) is 15.0. The van der Waals surface area contributed by atoms with E-state index in [4.69, 9.17) is 16.0 Å². The van der Waals surface area contributed by atoms with E-state index in [2.05, 4.69) is 152 Å². The topological polar surface area (TPSA) is 21.3 Å². The molecular weight excluding hydrogens is 560 g/mol. The summed E-state index contributed by atoms with van der Waals surface area (Å²) in [6, 6.07) is 46.9. The van der Waals surface area contributed by atoms with Crippen molar-refractivity contribution >= 4 is 72.4 Å². The van der Waals surface area contributed by atoms with Crippen LogP contribution in [0.3, 0.4) is 0 Å². The van der Waals surface area contributed by atoms with Crippen molar-refractivity contribution in [3.63, 3.8) is 0 Å². The first-order valence-corrected chi connectivity index (χ1v) is 15.4. The number of hydrogen-bond acceptors (Lipinski definition) is 2. The molecule has 8 rings (SSSR count). The molecule has 0 spiro atoms. The van der Waals surface area contributed by atoms with E-state index >= 15 is 0 Å². The number of para-hydroxylation sites is 3. The van der Waals surface area contributed by atoms with Crippen molar-refractivity contribution in [2.24, 2.45) is 0 Å². The lowest BCUT2D eigenvalue weighted by Gasteiger charge is -2.26. The molecular formula is C40H31ClN2O. The van der Waals surface area contributed by atoms with Gasteiger partial charge in [-0.3, -0.25) is 0 Å². The SMILES string of the molecule is CC(C)(C)c1ccc2c(c1)c1c3c(oc4ccccc43)c(Cl)cc1n2-c1cccc(N(c2ccccc2)c2ccccc2)c1. The van der Waals surface area contributed by atoms with Crippen molar-refractivity contribution in [2.45, 2.75) is 26.2 Å². The Morgan fingerprint density at radius 3 is 1.95 bits per heavy atom. The summed E-state index contributed by atoms with van der Waals surface area (Å²) in [5.41, 5.74) is 9.37. The predicted octanol–water partition coefficient (Wildman–Crippen LogP) is 12.1. The minimum atomic E-state index is -0.00158. The zero-order valence-corrected chi connectivity index (χ0v) is 25.6. The number of fused-ring (bicyclic) bond motifs is 7. The Kier molecular flexibility index (Phi) is 6.08. The minimum Gasteiger partial charge on any atom is -0.454 e. The summed E-state index contributed by atoms with van der Waals surface area (Å²) < 4.78 is 8.70. The van der Waals surface area contributed by atoms with Gasteiger partial charge in [-0.15, -0.1) is 0 Å². The highest BCUT2D eigenvalue weighted by molar-refractivity contribution is 6.40. The van der Waals surface area contributed by atoms with E-state index in [0.29, 0.717) is 5.02 Å². The van der Waals surface area contributed by atoms with E-state index in [1.54, 1.807) is 0 Å². The summed E-state index contributed by atoms with van der Waals surface area (Å²) in [5, 5.41) is 5.08. The van der Waals surface area contributed by atoms with Crippen LogP contribution in [-0.2, 0) is 5.41 Å². The Bertz CT molecular complexity index is 2290. The molecule has 0 unspecified atom stereocenters. The van der Waals surface area contributed by atoms with Gasteiger partial charge < -0.3 is 13.9 Å². The van der Waals surface area contributed by atoms with Gasteiger partial charge in [0.15, 0.2) is 5.58 Å². The molecule has 214 valence electrons. The van der Waals surface area contributed by atoms with E-state index in [9.17, 15) is 0 Å². The Balaban J connectivity index is 1.46. The third-order valence-corrected chi connectivity index (χ3v) is 8.85. The molecule has 0 N–H and O–H groups in total. The van der Waals surface area contributed by atoms with Gasteiger partial charge in [0, 0.05) is 44.3 Å². The molecule has 0 atom stereocenters. The van der Waals surface area contributed by atoms with E-state index in [0.717, 1.165) is 61.1 Å². The quantitative estimate of drug-likeness (QED) is 0.203. The van der Waals surface area contributed by atoms with Crippen LogP contribution in [0.4, 0.5) is 17.1 Å². The zero-order valence-electron chi connectivity index (χ0n) is 24.9. The summed E-state index contributed by atoms with van der Waals surface area (Å²) in [4.78, 5) is 2.30. The lowest BCUT2D eigenvalue weighted by atomic mass is 9.86. The highest BCUT2D eigenvalue weighted by Gasteiger charge is 2.23. The fourth-order valence-corrected chi connectivity index (χ4v) is 6.71. The van der Waals surface area contributed by atoms with Crippen LogP contribution in [0.15, 0.2) is 138 Å². The Hall–Kier alpha value is -4.99. The highest BCUT2D eigenvalue weighted by Crippen LogP contribution is 2.45. The van der Waals surface area contributed by atoms with Crippen LogP contribution < -0.4 is 4.90 Å². The summed E-state index contributed by atoms with van der Waals surface area (Å²) >= 11 is 7.02. The number of furan rings is 1. The van der Waals surface area contributed by atoms with Crippen molar-refractivity contribution < 1.29 is 4.42 Å². The monoisotopic (exact) mass is 590 g/mol. The zero-order chi connectivity index (χ0) is 30.0. The number of aromatic nitrogens is 1. The first-order chi connectivity index (χ1) is 21.4. The molecule has 0 fully saturated rings. The second kappa shape index (κ2) is 10.0. The largest absolute Gasteiger partial charge is 0.454 e. The highest BCUT2D eigenvalue weighted by atomic mass is 35.5. The molecule has 0 aliphatic rings. The van der Waals surface area contributed by atoms with Gasteiger partial charge in [0.05, 0.1) is 16.1 Å². The third kappa shape index (κ3) is 4.19. The minimum absolute atomic E-state index is 0.00158. The van der Waals surface area contributed by atoms with Gasteiger partial charge in [0.1, 0.15) is 5.58 Å². The average Bonchev–Trinajstić information content (AvgIpc) is 3.58. The molecule has 0 bridgehead atoms. The van der Waals surface area contributed by atoms with Crippen LogP contribution in [0.1, 0.15) is 26.3 Å². The maximum atomic E-state index is 7.02. The van der Waals surface area contributed by atoms with Crippen LogP contribution in [0.2, 0.25) is 5.02 Å². The second-order valence-corrected chi connectivity index (χ2v) is 12.8. The molecule has 2 heterocycles. The van der Waals surface area contributed by atoms with Crippen molar-refractivity contribution in [1.82, 2.24) is 4.57 Å². The van der Waals surface area contributed by atoms with E-state index in [1.165, 1.54) is 10.9 Å². The summed E-state index contributed by atoms with van der Waals surface area (Å²) in [5.74, 6) is 0. The molecule has 6 aromatic carbocycles. The molecule has 44 heavy (non-hydrogen) atoms. The molecule has 4 heteroatoms. The molecule has 8 aromatic rings. The lowest BCUT2D eigenvalue weighted by molar-refractivity contribution is 0.591. The standard InChI is InChI=1S/C40H31ClN2O/c1-40(2,3)26-21-22-34-32(23-26)37-35(25-33(41)39-38(37)31-19-10-11-20-36(31)44-39)43(34)30-18-12-17-29(24-30)42(27-13-6-4-7-14-27)28-15-8-5-9-16-28/h4-25H,1-3H3. The van der Waals surface area contributed by atoms with Gasteiger partial charge in [-0.2, -0.15) is 0 Å². The number of anilines is 3. The second-order valence-electron chi connectivity index (χ2n) is 12.4. The van der Waals surface area contributed by atoms with Crippen LogP contribution >= 0.6 is 11.6 Å². The van der Waals surface area contributed by atoms with E-state index in [1.807, 2.05) is 12.1 Å². The van der Waals surface area contributed by atoms with Gasteiger partial charge in [-0.1, -0.05) is 99.1 Å². The molecule has 0 saturated carbocycles. The van der Waals surface area contributed by atoms with Crippen molar-refractivity contribution in [2.75, 3.05) is 4.90 Å². The van der Waals surface area contributed by atoms with E-state index in [-0.39, 0.29) is 5.41 Å². The first kappa shape index (κ1) is 26.6. The van der Waals surface area contributed by atoms with Gasteiger partial charge in [0.2, 0.25) is 0 Å².